The number of carbonyl (C=O) groups excluding carboxylic acids is 1. The predicted octanol–water partition coefficient (Wildman–Crippen LogP) is 4.64. The predicted molar refractivity (Wildman–Crippen MR) is 130 cm³/mol. The average Bonchev–Trinajstić information content (AvgIpc) is 2.75. The Hall–Kier alpha value is -3.46. The molecule has 0 saturated heterocycles. The average molecular weight is 499 g/mol. The van der Waals surface area contributed by atoms with Crippen LogP contribution in [-0.4, -0.2) is 32.2 Å². The third-order valence-corrected chi connectivity index (χ3v) is 6.36. The molecule has 0 spiro atoms. The summed E-state index contributed by atoms with van der Waals surface area (Å²) >= 11 is 0. The highest BCUT2D eigenvalue weighted by atomic mass is 32.2. The van der Waals surface area contributed by atoms with Crippen molar-refractivity contribution in [2.75, 3.05) is 12.9 Å². The van der Waals surface area contributed by atoms with Crippen molar-refractivity contribution in [3.05, 3.63) is 77.2 Å². The van der Waals surface area contributed by atoms with Gasteiger partial charge in [0.25, 0.3) is 5.91 Å². The number of nitrogens with one attached hydrogen (secondary N) is 1. The van der Waals surface area contributed by atoms with Crippen molar-refractivity contribution in [1.82, 2.24) is 9.71 Å². The Bertz CT molecular complexity index is 1320. The lowest BCUT2D eigenvalue weighted by molar-refractivity contribution is 0.0981. The molecular formula is C26H27FN2O5S. The quantitative estimate of drug-likeness (QED) is 0.462. The number of sulfonamides is 1. The van der Waals surface area contributed by atoms with E-state index in [0.29, 0.717) is 35.3 Å². The number of amides is 1. The van der Waals surface area contributed by atoms with E-state index < -0.39 is 21.7 Å². The van der Waals surface area contributed by atoms with E-state index in [1.54, 1.807) is 24.4 Å². The zero-order valence-electron chi connectivity index (χ0n) is 19.6. The standard InChI is InChI=1S/C26H27FN2O5S/c1-17-10-24(34-15-18-4-3-5-18)14-28-25(17)21-11-22(27)13-23(12-21)33-16-19-6-8-20(9-7-19)26(30)29-35(2,31)32/h6-14,18H,3-5,15-16H2,1-2H3,(H,29,30). The lowest BCUT2D eigenvalue weighted by atomic mass is 9.86. The van der Waals surface area contributed by atoms with Gasteiger partial charge in [0.15, 0.2) is 0 Å². The number of benzene rings is 2. The normalized spacial score (nSPS) is 13.7. The fourth-order valence-corrected chi connectivity index (χ4v) is 4.19. The van der Waals surface area contributed by atoms with Crippen LogP contribution in [0, 0.1) is 18.7 Å². The van der Waals surface area contributed by atoms with E-state index >= 15 is 0 Å². The van der Waals surface area contributed by atoms with Crippen LogP contribution in [0.3, 0.4) is 0 Å². The first-order valence-electron chi connectivity index (χ1n) is 11.3. The van der Waals surface area contributed by atoms with Crippen molar-refractivity contribution in [3.63, 3.8) is 0 Å². The van der Waals surface area contributed by atoms with Crippen LogP contribution < -0.4 is 14.2 Å². The molecule has 1 amide bonds. The molecule has 1 aliphatic rings. The van der Waals surface area contributed by atoms with Gasteiger partial charge in [0.1, 0.15) is 23.9 Å². The van der Waals surface area contributed by atoms with Gasteiger partial charge in [-0.3, -0.25) is 9.78 Å². The van der Waals surface area contributed by atoms with Crippen molar-refractivity contribution < 1.29 is 27.1 Å². The molecule has 0 bridgehead atoms. The number of hydrogen-bond acceptors (Lipinski definition) is 6. The summed E-state index contributed by atoms with van der Waals surface area (Å²) in [6.07, 6.45) is 6.25. The van der Waals surface area contributed by atoms with Gasteiger partial charge in [-0.05, 0) is 67.1 Å². The maximum Gasteiger partial charge on any atom is 0.264 e. The largest absolute Gasteiger partial charge is 0.492 e. The molecule has 2 aromatic carbocycles. The van der Waals surface area contributed by atoms with Gasteiger partial charge < -0.3 is 9.47 Å². The fraction of sp³-hybridized carbons (Fsp3) is 0.308. The molecule has 1 aliphatic carbocycles. The van der Waals surface area contributed by atoms with Crippen molar-refractivity contribution in [3.8, 4) is 22.8 Å². The fourth-order valence-electron chi connectivity index (χ4n) is 3.73. The third kappa shape index (κ3) is 6.79. The number of aryl methyl sites for hydroxylation is 1. The number of nitrogens with zero attached hydrogens (tertiary/aromatic N) is 1. The SMILES string of the molecule is Cc1cc(OCC2CCC2)cnc1-c1cc(F)cc(OCc2ccc(C(=O)NS(C)(=O)=O)cc2)c1. The zero-order chi connectivity index (χ0) is 25.0. The smallest absolute Gasteiger partial charge is 0.264 e. The second-order valence-electron chi connectivity index (χ2n) is 8.81. The molecule has 1 aromatic heterocycles. The van der Waals surface area contributed by atoms with Crippen LogP contribution in [0.4, 0.5) is 4.39 Å². The maximum atomic E-state index is 14.4. The minimum absolute atomic E-state index is 0.136. The third-order valence-electron chi connectivity index (χ3n) is 5.81. The van der Waals surface area contributed by atoms with Crippen LogP contribution in [0.5, 0.6) is 11.5 Å². The van der Waals surface area contributed by atoms with E-state index in [1.165, 1.54) is 43.5 Å². The minimum atomic E-state index is -3.64. The van der Waals surface area contributed by atoms with Crippen LogP contribution in [-0.2, 0) is 16.6 Å². The summed E-state index contributed by atoms with van der Waals surface area (Å²) in [6.45, 7) is 2.74. The van der Waals surface area contributed by atoms with Crippen LogP contribution >= 0.6 is 0 Å². The highest BCUT2D eigenvalue weighted by Crippen LogP contribution is 2.30. The van der Waals surface area contributed by atoms with Gasteiger partial charge >= 0.3 is 0 Å². The number of ether oxygens (including phenoxy) is 2. The van der Waals surface area contributed by atoms with Crippen molar-refractivity contribution in [1.29, 1.82) is 0 Å². The lowest BCUT2D eigenvalue weighted by Crippen LogP contribution is -2.29. The highest BCUT2D eigenvalue weighted by molar-refractivity contribution is 7.89. The first-order chi connectivity index (χ1) is 16.7. The molecule has 1 N–H and O–H groups in total. The Morgan fingerprint density at radius 1 is 1.09 bits per heavy atom. The molecule has 7 nitrogen and oxygen atoms in total. The maximum absolute atomic E-state index is 14.4. The second kappa shape index (κ2) is 10.4. The monoisotopic (exact) mass is 498 g/mol. The van der Waals surface area contributed by atoms with Gasteiger partial charge in [0.2, 0.25) is 10.0 Å². The molecule has 0 atom stereocenters. The molecule has 9 heteroatoms. The van der Waals surface area contributed by atoms with Crippen molar-refractivity contribution in [2.24, 2.45) is 5.92 Å². The first kappa shape index (κ1) is 24.7. The van der Waals surface area contributed by atoms with Crippen LogP contribution in [0.1, 0.15) is 40.7 Å². The van der Waals surface area contributed by atoms with Crippen molar-refractivity contribution in [2.45, 2.75) is 32.8 Å². The molecule has 1 heterocycles. The van der Waals surface area contributed by atoms with Gasteiger partial charge in [-0.15, -0.1) is 0 Å². The number of hydrogen-bond donors (Lipinski definition) is 1. The molecule has 0 aliphatic heterocycles. The summed E-state index contributed by atoms with van der Waals surface area (Å²) in [5.41, 5.74) is 3.04. The Morgan fingerprint density at radius 3 is 2.46 bits per heavy atom. The van der Waals surface area contributed by atoms with Gasteiger partial charge in [-0.25, -0.2) is 17.5 Å². The summed E-state index contributed by atoms with van der Waals surface area (Å²) in [5.74, 6) is 0.512. The highest BCUT2D eigenvalue weighted by Gasteiger charge is 2.18. The number of pyridine rings is 1. The minimum Gasteiger partial charge on any atom is -0.492 e. The molecule has 0 radical (unpaired) electrons. The van der Waals surface area contributed by atoms with E-state index in [2.05, 4.69) is 4.98 Å². The summed E-state index contributed by atoms with van der Waals surface area (Å²) in [6, 6.07) is 12.6. The Balaban J connectivity index is 1.41. The van der Waals surface area contributed by atoms with Gasteiger partial charge in [-0.2, -0.15) is 0 Å². The molecule has 0 unspecified atom stereocenters. The van der Waals surface area contributed by atoms with Crippen LogP contribution in [0.2, 0.25) is 0 Å². The Morgan fingerprint density at radius 2 is 1.83 bits per heavy atom. The van der Waals surface area contributed by atoms with E-state index in [0.717, 1.165) is 17.4 Å². The molecule has 3 aromatic rings. The molecular weight excluding hydrogens is 471 g/mol. The number of rotatable bonds is 9. The molecule has 4 rings (SSSR count). The number of aromatic nitrogens is 1. The van der Waals surface area contributed by atoms with Crippen LogP contribution in [0.15, 0.2) is 54.7 Å². The van der Waals surface area contributed by atoms with E-state index in [4.69, 9.17) is 9.47 Å². The zero-order valence-corrected chi connectivity index (χ0v) is 20.4. The molecule has 1 saturated carbocycles. The Kier molecular flexibility index (Phi) is 7.35. The summed E-state index contributed by atoms with van der Waals surface area (Å²) in [5, 5.41) is 0. The topological polar surface area (TPSA) is 94.6 Å². The lowest BCUT2D eigenvalue weighted by Gasteiger charge is -2.25. The molecule has 184 valence electrons. The summed E-state index contributed by atoms with van der Waals surface area (Å²) < 4.78 is 50.3. The summed E-state index contributed by atoms with van der Waals surface area (Å²) in [7, 11) is -3.64. The van der Waals surface area contributed by atoms with Crippen LogP contribution in [0.25, 0.3) is 11.3 Å². The van der Waals surface area contributed by atoms with E-state index in [9.17, 15) is 17.6 Å². The Labute approximate surface area is 204 Å². The van der Waals surface area contributed by atoms with E-state index in [-0.39, 0.29) is 12.2 Å². The van der Waals surface area contributed by atoms with Gasteiger partial charge in [0, 0.05) is 17.2 Å². The number of carbonyl (C=O) groups is 1. The second-order valence-corrected chi connectivity index (χ2v) is 10.6. The van der Waals surface area contributed by atoms with Gasteiger partial charge in [-0.1, -0.05) is 18.6 Å². The van der Waals surface area contributed by atoms with E-state index in [1.807, 2.05) is 17.7 Å². The van der Waals surface area contributed by atoms with Crippen molar-refractivity contribution >= 4 is 15.9 Å². The van der Waals surface area contributed by atoms with Gasteiger partial charge in [0.05, 0.1) is 24.8 Å². The molecule has 1 fully saturated rings. The first-order valence-corrected chi connectivity index (χ1v) is 13.2. The number of halogens is 1. The summed E-state index contributed by atoms with van der Waals surface area (Å²) in [4.78, 5) is 16.4. The molecule has 35 heavy (non-hydrogen) atoms.